The molecule has 1 aromatic rings. The Bertz CT molecular complexity index is 508. The molecule has 1 aromatic carbocycles. The molecule has 7 heteroatoms. The van der Waals surface area contributed by atoms with Crippen LogP contribution in [-0.4, -0.2) is 36.2 Å². The maximum atomic E-state index is 13.6. The van der Waals surface area contributed by atoms with E-state index in [1.165, 1.54) is 6.07 Å². The molecule has 0 aliphatic carbocycles. The number of hydrogen-bond donors (Lipinski definition) is 3. The standard InChI is InChI=1S/C15H22FN3O.2ClH/c1-10(2)7-14(19-5-3-18-4-6-19)12-8-11(16)9-13(17)15(12)20;;/h8-9,14,18,20H,1,3-7,17H2,2H3;2*1H/t14-;;/m1../s1. The SMILES string of the molecule is C=C(C)C[C@H](c1cc(F)cc(N)c1O)N1CCNCC1.Cl.Cl. The highest BCUT2D eigenvalue weighted by molar-refractivity contribution is 5.85. The number of phenols is 1. The Labute approximate surface area is 143 Å². The fourth-order valence-corrected chi connectivity index (χ4v) is 2.66. The van der Waals surface area contributed by atoms with Crippen LogP contribution < -0.4 is 11.1 Å². The molecule has 0 unspecified atom stereocenters. The third kappa shape index (κ3) is 5.02. The van der Waals surface area contributed by atoms with Gasteiger partial charge in [-0.3, -0.25) is 4.90 Å². The van der Waals surface area contributed by atoms with Gasteiger partial charge in [0.15, 0.2) is 0 Å². The lowest BCUT2D eigenvalue weighted by Crippen LogP contribution is -2.45. The van der Waals surface area contributed by atoms with Crippen molar-refractivity contribution < 1.29 is 9.50 Å². The van der Waals surface area contributed by atoms with Gasteiger partial charge in [-0.2, -0.15) is 0 Å². The summed E-state index contributed by atoms with van der Waals surface area (Å²) in [5, 5.41) is 13.5. The first-order valence-corrected chi connectivity index (χ1v) is 6.86. The first-order valence-electron chi connectivity index (χ1n) is 6.86. The van der Waals surface area contributed by atoms with Crippen LogP contribution in [0.15, 0.2) is 24.3 Å². The number of halogens is 3. The van der Waals surface area contributed by atoms with Crippen LogP contribution in [0.25, 0.3) is 0 Å². The minimum Gasteiger partial charge on any atom is -0.505 e. The van der Waals surface area contributed by atoms with E-state index in [1.54, 1.807) is 0 Å². The fourth-order valence-electron chi connectivity index (χ4n) is 2.66. The average molecular weight is 352 g/mol. The van der Waals surface area contributed by atoms with Gasteiger partial charge in [-0.25, -0.2) is 4.39 Å². The van der Waals surface area contributed by atoms with E-state index in [0.717, 1.165) is 37.8 Å². The van der Waals surface area contributed by atoms with Gasteiger partial charge >= 0.3 is 0 Å². The number of hydrogen-bond acceptors (Lipinski definition) is 4. The van der Waals surface area contributed by atoms with Gasteiger partial charge in [0.25, 0.3) is 0 Å². The smallest absolute Gasteiger partial charge is 0.143 e. The molecule has 1 saturated heterocycles. The van der Waals surface area contributed by atoms with Gasteiger partial charge in [0, 0.05) is 43.9 Å². The monoisotopic (exact) mass is 351 g/mol. The molecule has 126 valence electrons. The Morgan fingerprint density at radius 3 is 2.55 bits per heavy atom. The number of nitrogen functional groups attached to an aromatic ring is 1. The minimum atomic E-state index is -0.419. The molecule has 0 bridgehead atoms. The van der Waals surface area contributed by atoms with Gasteiger partial charge in [-0.15, -0.1) is 31.4 Å². The molecular formula is C15H24Cl2FN3O. The highest BCUT2D eigenvalue weighted by atomic mass is 35.5. The number of nitrogens with one attached hydrogen (secondary N) is 1. The Balaban J connectivity index is 0.00000220. The van der Waals surface area contributed by atoms with Gasteiger partial charge in [0.1, 0.15) is 11.6 Å². The maximum absolute atomic E-state index is 13.6. The summed E-state index contributed by atoms with van der Waals surface area (Å²) in [6, 6.07) is 2.43. The van der Waals surface area contributed by atoms with Crippen molar-refractivity contribution >= 4 is 30.5 Å². The zero-order valence-electron chi connectivity index (χ0n) is 12.6. The summed E-state index contributed by atoms with van der Waals surface area (Å²) in [5.41, 5.74) is 7.31. The first kappa shape index (κ1) is 21.0. The van der Waals surface area contributed by atoms with Gasteiger partial charge in [0.2, 0.25) is 0 Å². The largest absolute Gasteiger partial charge is 0.505 e. The molecule has 1 aliphatic heterocycles. The van der Waals surface area contributed by atoms with Gasteiger partial charge < -0.3 is 16.2 Å². The van der Waals surface area contributed by atoms with Crippen LogP contribution in [0.2, 0.25) is 0 Å². The van der Waals surface area contributed by atoms with Crippen molar-refractivity contribution in [2.45, 2.75) is 19.4 Å². The van der Waals surface area contributed by atoms with Crippen LogP contribution in [0, 0.1) is 5.82 Å². The van der Waals surface area contributed by atoms with Crippen LogP contribution in [0.1, 0.15) is 24.9 Å². The number of phenolic OH excluding ortho intramolecular Hbond substituents is 1. The molecule has 4 nitrogen and oxygen atoms in total. The quantitative estimate of drug-likeness (QED) is 0.443. The van der Waals surface area contributed by atoms with E-state index in [2.05, 4.69) is 16.8 Å². The topological polar surface area (TPSA) is 61.5 Å². The Morgan fingerprint density at radius 2 is 2.00 bits per heavy atom. The van der Waals surface area contributed by atoms with Crippen molar-refractivity contribution in [1.29, 1.82) is 0 Å². The summed E-state index contributed by atoms with van der Waals surface area (Å²) in [5.74, 6) is -0.437. The number of anilines is 1. The van der Waals surface area contributed by atoms with E-state index in [0.29, 0.717) is 12.0 Å². The summed E-state index contributed by atoms with van der Waals surface area (Å²) in [6.45, 7) is 9.36. The Hall–Kier alpha value is -1.01. The van der Waals surface area contributed by atoms with E-state index in [-0.39, 0.29) is 42.3 Å². The lowest BCUT2D eigenvalue weighted by atomic mass is 9.96. The summed E-state index contributed by atoms with van der Waals surface area (Å²) in [4.78, 5) is 2.24. The van der Waals surface area contributed by atoms with E-state index >= 15 is 0 Å². The second-order valence-corrected chi connectivity index (χ2v) is 5.40. The molecule has 0 aromatic heterocycles. The van der Waals surface area contributed by atoms with Crippen molar-refractivity contribution in [3.63, 3.8) is 0 Å². The van der Waals surface area contributed by atoms with Crippen LogP contribution in [-0.2, 0) is 0 Å². The molecule has 1 aliphatic rings. The zero-order chi connectivity index (χ0) is 14.7. The lowest BCUT2D eigenvalue weighted by molar-refractivity contribution is 0.169. The summed E-state index contributed by atoms with van der Waals surface area (Å²) in [7, 11) is 0. The molecule has 0 spiro atoms. The van der Waals surface area contributed by atoms with E-state index in [9.17, 15) is 9.50 Å². The molecule has 1 fully saturated rings. The second kappa shape index (κ2) is 9.20. The molecule has 1 atom stereocenters. The number of benzene rings is 1. The molecule has 22 heavy (non-hydrogen) atoms. The van der Waals surface area contributed by atoms with Gasteiger partial charge in [0.05, 0.1) is 5.69 Å². The van der Waals surface area contributed by atoms with Crippen LogP contribution in [0.4, 0.5) is 10.1 Å². The van der Waals surface area contributed by atoms with E-state index in [4.69, 9.17) is 5.73 Å². The zero-order valence-corrected chi connectivity index (χ0v) is 14.3. The number of nitrogens with zero attached hydrogens (tertiary/aromatic N) is 1. The van der Waals surface area contributed by atoms with Crippen molar-refractivity contribution in [3.05, 3.63) is 35.7 Å². The first-order chi connectivity index (χ1) is 9.49. The van der Waals surface area contributed by atoms with Crippen molar-refractivity contribution in [2.24, 2.45) is 0 Å². The molecule has 0 amide bonds. The molecule has 2 rings (SSSR count). The van der Waals surface area contributed by atoms with Gasteiger partial charge in [-0.05, 0) is 19.4 Å². The highest BCUT2D eigenvalue weighted by Gasteiger charge is 2.25. The van der Waals surface area contributed by atoms with Crippen molar-refractivity contribution in [2.75, 3.05) is 31.9 Å². The third-order valence-electron chi connectivity index (χ3n) is 3.63. The second-order valence-electron chi connectivity index (χ2n) is 5.40. The highest BCUT2D eigenvalue weighted by Crippen LogP contribution is 2.37. The summed E-state index contributed by atoms with van der Waals surface area (Å²) in [6.07, 6.45) is 0.677. The summed E-state index contributed by atoms with van der Waals surface area (Å²) >= 11 is 0. The molecule has 0 saturated carbocycles. The Morgan fingerprint density at radius 1 is 1.41 bits per heavy atom. The molecule has 0 radical (unpaired) electrons. The van der Waals surface area contributed by atoms with Gasteiger partial charge in [-0.1, -0.05) is 5.57 Å². The predicted molar refractivity (Wildman–Crippen MR) is 93.6 cm³/mol. The minimum absolute atomic E-state index is 0. The van der Waals surface area contributed by atoms with Crippen LogP contribution in [0.3, 0.4) is 0 Å². The number of aromatic hydroxyl groups is 1. The molecular weight excluding hydrogens is 328 g/mol. The fraction of sp³-hybridized carbons (Fsp3) is 0.467. The maximum Gasteiger partial charge on any atom is 0.143 e. The summed E-state index contributed by atoms with van der Waals surface area (Å²) < 4.78 is 13.6. The predicted octanol–water partition coefficient (Wildman–Crippen LogP) is 2.87. The number of nitrogens with two attached hydrogens (primary N) is 1. The van der Waals surface area contributed by atoms with Crippen molar-refractivity contribution in [3.8, 4) is 5.75 Å². The number of piperazine rings is 1. The number of rotatable bonds is 4. The van der Waals surface area contributed by atoms with Crippen LogP contribution in [0.5, 0.6) is 5.75 Å². The van der Waals surface area contributed by atoms with Crippen molar-refractivity contribution in [1.82, 2.24) is 10.2 Å². The molecule has 4 N–H and O–H groups in total. The lowest BCUT2D eigenvalue weighted by Gasteiger charge is -2.35. The third-order valence-corrected chi connectivity index (χ3v) is 3.63. The average Bonchev–Trinajstić information content (AvgIpc) is 2.41. The Kier molecular flexibility index (Phi) is 8.78. The molecule has 1 heterocycles. The normalized spacial score (nSPS) is 16.3. The van der Waals surface area contributed by atoms with E-state index < -0.39 is 5.82 Å². The van der Waals surface area contributed by atoms with Crippen LogP contribution >= 0.6 is 24.8 Å². The van der Waals surface area contributed by atoms with E-state index in [1.807, 2.05) is 6.92 Å².